The molecule has 192 valence electrons. The van der Waals surface area contributed by atoms with Crippen LogP contribution in [0.15, 0.2) is 96.0 Å². The molecule has 7 heteroatoms. The van der Waals surface area contributed by atoms with Gasteiger partial charge in [-0.05, 0) is 61.4 Å². The SMILES string of the molecule is CCCCOc1ccc(-c2nn(-c3ccccc3)cc2/C=C2\SC(=S)N([C@H](C)c3ccccc3)C2=O)cc1. The molecule has 0 saturated carbocycles. The third-order valence-electron chi connectivity index (χ3n) is 6.44. The molecule has 0 spiro atoms. The van der Waals surface area contributed by atoms with Crippen LogP contribution in [0, 0.1) is 0 Å². The van der Waals surface area contributed by atoms with Gasteiger partial charge in [-0.25, -0.2) is 4.68 Å². The van der Waals surface area contributed by atoms with Gasteiger partial charge in [-0.3, -0.25) is 9.69 Å². The van der Waals surface area contributed by atoms with Crippen LogP contribution in [0.3, 0.4) is 0 Å². The number of hydrogen-bond acceptors (Lipinski definition) is 5. The summed E-state index contributed by atoms with van der Waals surface area (Å²) in [6.45, 7) is 4.85. The van der Waals surface area contributed by atoms with Crippen LogP contribution in [0.2, 0.25) is 0 Å². The van der Waals surface area contributed by atoms with Crippen LogP contribution < -0.4 is 4.74 Å². The minimum absolute atomic E-state index is 0.0885. The van der Waals surface area contributed by atoms with E-state index >= 15 is 0 Å². The molecule has 0 radical (unpaired) electrons. The number of nitrogens with zero attached hydrogens (tertiary/aromatic N) is 3. The molecule has 3 aromatic carbocycles. The number of para-hydroxylation sites is 1. The highest BCUT2D eigenvalue weighted by Gasteiger charge is 2.36. The summed E-state index contributed by atoms with van der Waals surface area (Å²) in [5.74, 6) is 0.747. The van der Waals surface area contributed by atoms with Gasteiger partial charge in [0.25, 0.3) is 5.91 Å². The summed E-state index contributed by atoms with van der Waals surface area (Å²) >= 11 is 6.98. The molecule has 1 fully saturated rings. The first-order chi connectivity index (χ1) is 18.5. The molecule has 1 aliphatic rings. The molecule has 38 heavy (non-hydrogen) atoms. The molecule has 4 aromatic rings. The Labute approximate surface area is 233 Å². The van der Waals surface area contributed by atoms with Crippen molar-refractivity contribution in [2.24, 2.45) is 0 Å². The molecular weight excluding hydrogens is 510 g/mol. The summed E-state index contributed by atoms with van der Waals surface area (Å²) in [5, 5.41) is 4.91. The van der Waals surface area contributed by atoms with Gasteiger partial charge >= 0.3 is 0 Å². The molecule has 1 atom stereocenters. The van der Waals surface area contributed by atoms with Crippen molar-refractivity contribution >= 4 is 40.3 Å². The van der Waals surface area contributed by atoms with Crippen LogP contribution in [-0.4, -0.2) is 31.5 Å². The van der Waals surface area contributed by atoms with Crippen LogP contribution >= 0.6 is 24.0 Å². The lowest BCUT2D eigenvalue weighted by Gasteiger charge is -2.23. The van der Waals surface area contributed by atoms with E-state index < -0.39 is 0 Å². The zero-order valence-electron chi connectivity index (χ0n) is 21.4. The first kappa shape index (κ1) is 25.9. The first-order valence-corrected chi connectivity index (χ1v) is 14.0. The number of thioether (sulfide) groups is 1. The summed E-state index contributed by atoms with van der Waals surface area (Å²) in [6.07, 6.45) is 5.98. The zero-order chi connectivity index (χ0) is 26.5. The van der Waals surface area contributed by atoms with E-state index in [9.17, 15) is 4.79 Å². The third-order valence-corrected chi connectivity index (χ3v) is 7.77. The number of carbonyl (C=O) groups is 1. The number of ether oxygens (including phenoxy) is 1. The maximum absolute atomic E-state index is 13.5. The number of benzene rings is 3. The fourth-order valence-corrected chi connectivity index (χ4v) is 5.72. The summed E-state index contributed by atoms with van der Waals surface area (Å²) < 4.78 is 8.25. The molecule has 0 aliphatic carbocycles. The predicted octanol–water partition coefficient (Wildman–Crippen LogP) is 7.68. The van der Waals surface area contributed by atoms with E-state index in [4.69, 9.17) is 22.1 Å². The molecule has 5 nitrogen and oxygen atoms in total. The van der Waals surface area contributed by atoms with Gasteiger partial charge in [-0.15, -0.1) is 0 Å². The standard InChI is InChI=1S/C31H29N3O2S2/c1-3-4-19-36-27-17-15-24(16-18-27)29-25(21-33(32-29)26-13-9-6-10-14-26)20-28-30(35)34(31(37)38-28)22(2)23-11-7-5-8-12-23/h5-18,20-22H,3-4,19H2,1-2H3/b28-20-/t22-/m1/s1. The van der Waals surface area contributed by atoms with E-state index in [1.54, 1.807) is 4.90 Å². The Morgan fingerprint density at radius 3 is 2.37 bits per heavy atom. The second-order valence-electron chi connectivity index (χ2n) is 9.08. The molecule has 0 bridgehead atoms. The first-order valence-electron chi connectivity index (χ1n) is 12.8. The normalized spacial score (nSPS) is 15.3. The average Bonchev–Trinajstić information content (AvgIpc) is 3.50. The van der Waals surface area contributed by atoms with E-state index in [2.05, 4.69) is 6.92 Å². The molecule has 1 saturated heterocycles. The largest absolute Gasteiger partial charge is 0.494 e. The smallest absolute Gasteiger partial charge is 0.266 e. The fourth-order valence-electron chi connectivity index (χ4n) is 4.31. The van der Waals surface area contributed by atoms with Gasteiger partial charge < -0.3 is 4.74 Å². The van der Waals surface area contributed by atoms with Gasteiger partial charge in [0.05, 0.1) is 28.9 Å². The summed E-state index contributed by atoms with van der Waals surface area (Å²) in [6, 6.07) is 27.7. The van der Waals surface area contributed by atoms with Gasteiger partial charge in [-0.2, -0.15) is 5.10 Å². The quantitative estimate of drug-likeness (QED) is 0.124. The number of carbonyl (C=O) groups excluding carboxylic acids is 1. The lowest BCUT2D eigenvalue weighted by molar-refractivity contribution is -0.123. The van der Waals surface area contributed by atoms with Crippen LogP contribution in [0.5, 0.6) is 5.75 Å². The van der Waals surface area contributed by atoms with Crippen molar-refractivity contribution in [1.29, 1.82) is 0 Å². The molecule has 0 N–H and O–H groups in total. The summed E-state index contributed by atoms with van der Waals surface area (Å²) in [5.41, 5.74) is 4.57. The van der Waals surface area contributed by atoms with E-state index in [0.29, 0.717) is 15.8 Å². The van der Waals surface area contributed by atoms with Gasteiger partial charge in [0.1, 0.15) is 10.1 Å². The Bertz CT molecular complexity index is 1450. The topological polar surface area (TPSA) is 47.4 Å². The monoisotopic (exact) mass is 539 g/mol. The van der Waals surface area contributed by atoms with Crippen molar-refractivity contribution in [3.63, 3.8) is 0 Å². The van der Waals surface area contributed by atoms with Crippen molar-refractivity contribution in [2.45, 2.75) is 32.7 Å². The lowest BCUT2D eigenvalue weighted by atomic mass is 10.1. The lowest BCUT2D eigenvalue weighted by Crippen LogP contribution is -2.30. The van der Waals surface area contributed by atoms with Crippen molar-refractivity contribution in [1.82, 2.24) is 14.7 Å². The number of thiocarbonyl (C=S) groups is 1. The molecule has 0 unspecified atom stereocenters. The molecular formula is C31H29N3O2S2. The van der Waals surface area contributed by atoms with Crippen molar-refractivity contribution in [3.05, 3.63) is 107 Å². The Balaban J connectivity index is 1.49. The Kier molecular flexibility index (Phi) is 8.05. The van der Waals surface area contributed by atoms with Crippen LogP contribution in [0.4, 0.5) is 0 Å². The van der Waals surface area contributed by atoms with Crippen molar-refractivity contribution in [3.8, 4) is 22.7 Å². The fraction of sp³-hybridized carbons (Fsp3) is 0.194. The Morgan fingerprint density at radius 2 is 1.68 bits per heavy atom. The number of unbranched alkanes of at least 4 members (excludes halogenated alkanes) is 1. The van der Waals surface area contributed by atoms with E-state index in [1.807, 2.05) is 109 Å². The summed E-state index contributed by atoms with van der Waals surface area (Å²) in [7, 11) is 0. The zero-order valence-corrected chi connectivity index (χ0v) is 23.0. The van der Waals surface area contributed by atoms with Gasteiger partial charge in [0.15, 0.2) is 0 Å². The second kappa shape index (κ2) is 11.8. The summed E-state index contributed by atoms with van der Waals surface area (Å²) in [4.78, 5) is 15.8. The van der Waals surface area contributed by atoms with Crippen molar-refractivity contribution < 1.29 is 9.53 Å². The minimum atomic E-state index is -0.152. The minimum Gasteiger partial charge on any atom is -0.494 e. The van der Waals surface area contributed by atoms with Crippen LogP contribution in [-0.2, 0) is 4.79 Å². The number of hydrogen-bond donors (Lipinski definition) is 0. The maximum atomic E-state index is 13.5. The highest BCUT2D eigenvalue weighted by atomic mass is 32.2. The van der Waals surface area contributed by atoms with E-state index in [-0.39, 0.29) is 11.9 Å². The van der Waals surface area contributed by atoms with Crippen LogP contribution in [0.1, 0.15) is 43.9 Å². The van der Waals surface area contributed by atoms with E-state index in [1.165, 1.54) is 11.8 Å². The number of rotatable bonds is 9. The Hall–Kier alpha value is -3.68. The highest BCUT2D eigenvalue weighted by Crippen LogP contribution is 2.39. The van der Waals surface area contributed by atoms with Crippen molar-refractivity contribution in [2.75, 3.05) is 6.61 Å². The van der Waals surface area contributed by atoms with Gasteiger partial charge in [0, 0.05) is 17.3 Å². The number of aromatic nitrogens is 2. The van der Waals surface area contributed by atoms with E-state index in [0.717, 1.165) is 46.7 Å². The highest BCUT2D eigenvalue weighted by molar-refractivity contribution is 8.26. The molecule has 1 aromatic heterocycles. The third kappa shape index (κ3) is 5.59. The molecule has 1 aliphatic heterocycles. The number of amides is 1. The van der Waals surface area contributed by atoms with Crippen LogP contribution in [0.25, 0.3) is 23.0 Å². The molecule has 2 heterocycles. The van der Waals surface area contributed by atoms with Gasteiger partial charge in [-0.1, -0.05) is 85.9 Å². The molecule has 1 amide bonds. The maximum Gasteiger partial charge on any atom is 0.266 e. The Morgan fingerprint density at radius 1 is 1.00 bits per heavy atom. The molecule has 5 rings (SSSR count). The second-order valence-corrected chi connectivity index (χ2v) is 10.8. The predicted molar refractivity (Wildman–Crippen MR) is 159 cm³/mol. The average molecular weight is 540 g/mol. The van der Waals surface area contributed by atoms with Gasteiger partial charge in [0.2, 0.25) is 0 Å².